The lowest BCUT2D eigenvalue weighted by molar-refractivity contribution is -0.174. The van der Waals surface area contributed by atoms with Gasteiger partial charge >= 0.3 is 5.97 Å². The van der Waals surface area contributed by atoms with Gasteiger partial charge in [0, 0.05) is 88.8 Å². The minimum atomic E-state index is -1.77. The summed E-state index contributed by atoms with van der Waals surface area (Å²) in [4.78, 5) is 29.6. The van der Waals surface area contributed by atoms with E-state index in [4.69, 9.17) is 45.5 Å². The highest BCUT2D eigenvalue weighted by molar-refractivity contribution is 5.83. The minimum Gasteiger partial charge on any atom is -0.494 e. The lowest BCUT2D eigenvalue weighted by atomic mass is 9.80. The summed E-state index contributed by atoms with van der Waals surface area (Å²) in [5.74, 6) is 4.65. The third kappa shape index (κ3) is 22.5. The molecule has 0 aromatic heterocycles. The van der Waals surface area contributed by atoms with Crippen LogP contribution in [0.25, 0.3) is 5.70 Å². The van der Waals surface area contributed by atoms with E-state index in [2.05, 4.69) is 55.0 Å². The zero-order valence-electron chi connectivity index (χ0n) is 50.0. The molecule has 0 saturated carbocycles. The van der Waals surface area contributed by atoms with Crippen molar-refractivity contribution >= 4 is 23.1 Å². The van der Waals surface area contributed by atoms with Gasteiger partial charge in [-0.05, 0) is 128 Å². The number of ketones is 1. The number of esters is 1. The Labute approximate surface area is 467 Å². The highest BCUT2D eigenvalue weighted by atomic mass is 16.6. The average Bonchev–Trinajstić information content (AvgIpc) is 3.89. The van der Waals surface area contributed by atoms with Crippen LogP contribution in [-0.2, 0) is 35.0 Å². The number of nitrogens with zero attached hydrogens (tertiary/aromatic N) is 3. The number of carbonyl (C=O) groups excluding carboxylic acids is 2. The Morgan fingerprint density at radius 3 is 2.09 bits per heavy atom. The molecule has 0 amide bonds. The fraction of sp³-hybridized carbons (Fsp3) is 0.729. The Bertz CT molecular complexity index is 1960. The van der Waals surface area contributed by atoms with Gasteiger partial charge in [-0.25, -0.2) is 5.84 Å². The van der Waals surface area contributed by atoms with E-state index in [0.29, 0.717) is 44.4 Å². The Hall–Kier alpha value is -3.96. The molecular formula is C59H105N5O14. The molecule has 0 radical (unpaired) electrons. The summed E-state index contributed by atoms with van der Waals surface area (Å²) in [5, 5.41) is 66.3. The van der Waals surface area contributed by atoms with E-state index in [1.807, 2.05) is 58.9 Å². The van der Waals surface area contributed by atoms with Crippen LogP contribution < -0.4 is 21.2 Å². The van der Waals surface area contributed by atoms with Crippen molar-refractivity contribution in [2.24, 2.45) is 41.2 Å². The van der Waals surface area contributed by atoms with Crippen LogP contribution in [0.1, 0.15) is 126 Å². The zero-order valence-corrected chi connectivity index (χ0v) is 50.0. The summed E-state index contributed by atoms with van der Waals surface area (Å²) in [6.07, 6.45) is 3.67. The summed E-state index contributed by atoms with van der Waals surface area (Å²) in [5.41, 5.74) is 8.67. The van der Waals surface area contributed by atoms with Crippen LogP contribution in [0.15, 0.2) is 54.7 Å². The van der Waals surface area contributed by atoms with Crippen molar-refractivity contribution in [3.63, 3.8) is 0 Å². The number of benzene rings is 2. The number of aliphatic hydroxyl groups is 7. The minimum absolute atomic E-state index is 0.0359. The third-order valence-corrected chi connectivity index (χ3v) is 15.2. The van der Waals surface area contributed by atoms with Crippen LogP contribution in [0.2, 0.25) is 0 Å². The van der Waals surface area contributed by atoms with E-state index in [-0.39, 0.29) is 48.1 Å². The van der Waals surface area contributed by atoms with Crippen LogP contribution in [0.4, 0.5) is 5.69 Å². The summed E-state index contributed by atoms with van der Waals surface area (Å²) < 4.78 is 27.2. The lowest BCUT2D eigenvalue weighted by Crippen LogP contribution is -2.51. The second kappa shape index (κ2) is 37.1. The Kier molecular flexibility index (Phi) is 34.3. The summed E-state index contributed by atoms with van der Waals surface area (Å²) in [7, 11) is 5.65. The molecule has 4 aliphatic rings. The molecule has 4 aliphatic heterocycles. The molecule has 15 atom stereocenters. The van der Waals surface area contributed by atoms with Crippen molar-refractivity contribution in [1.29, 1.82) is 0 Å². The number of fused-ring (bicyclic) bond motifs is 1. The van der Waals surface area contributed by atoms with Gasteiger partial charge in [0.25, 0.3) is 0 Å². The number of hydrazine groups is 1. The largest absolute Gasteiger partial charge is 0.494 e. The number of hydrogen-bond donors (Lipinski definition) is 9. The Morgan fingerprint density at radius 2 is 1.51 bits per heavy atom. The molecule has 11 N–H and O–H groups in total. The molecule has 0 spiro atoms. The molecule has 2 aromatic carbocycles. The monoisotopic (exact) mass is 1110 g/mol. The second-order valence-corrected chi connectivity index (χ2v) is 21.3. The fourth-order valence-electron chi connectivity index (χ4n) is 10.3. The highest BCUT2D eigenvalue weighted by Gasteiger charge is 2.42. The topological polar surface area (TPSA) is 284 Å². The molecule has 78 heavy (non-hydrogen) atoms. The van der Waals surface area contributed by atoms with Crippen molar-refractivity contribution < 1.29 is 69.0 Å². The maximum atomic E-state index is 12.7. The smallest absolute Gasteiger partial charge is 0.311 e. The van der Waals surface area contributed by atoms with E-state index >= 15 is 0 Å². The first-order valence-electron chi connectivity index (χ1n) is 28.1. The number of aliphatic hydroxyl groups excluding tert-OH is 6. The van der Waals surface area contributed by atoms with E-state index in [9.17, 15) is 35.1 Å². The van der Waals surface area contributed by atoms with Gasteiger partial charge in [-0.15, -0.1) is 0 Å². The second-order valence-electron chi connectivity index (χ2n) is 21.3. The van der Waals surface area contributed by atoms with Crippen molar-refractivity contribution in [3.8, 4) is 5.75 Å². The quantitative estimate of drug-likeness (QED) is 0.0577. The highest BCUT2D eigenvalue weighted by Crippen LogP contribution is 2.32. The van der Waals surface area contributed by atoms with Crippen LogP contribution in [-0.4, -0.2) is 186 Å². The van der Waals surface area contributed by atoms with E-state index in [1.165, 1.54) is 18.2 Å². The number of hydrogen-bond acceptors (Lipinski definition) is 19. The van der Waals surface area contributed by atoms with Gasteiger partial charge in [-0.2, -0.15) is 0 Å². The van der Waals surface area contributed by atoms with Crippen LogP contribution in [0, 0.1) is 29.6 Å². The van der Waals surface area contributed by atoms with E-state index < -0.39 is 48.5 Å². The number of rotatable bonds is 12. The lowest BCUT2D eigenvalue weighted by Gasteiger charge is -2.36. The average molecular weight is 1110 g/mol. The van der Waals surface area contributed by atoms with Gasteiger partial charge in [-0.3, -0.25) is 9.59 Å². The summed E-state index contributed by atoms with van der Waals surface area (Å²) >= 11 is 0. The van der Waals surface area contributed by atoms with E-state index in [1.54, 1.807) is 39.1 Å². The van der Waals surface area contributed by atoms with Crippen molar-refractivity contribution in [2.45, 2.75) is 182 Å². The number of nitrogens with two attached hydrogens (primary N) is 2. The zero-order chi connectivity index (χ0) is 59.4. The van der Waals surface area contributed by atoms with Gasteiger partial charge in [0.15, 0.2) is 6.29 Å². The number of Topliss-reactive ketones (excluding diaryl/α,β-unsaturated/α-hetero) is 1. The molecule has 3 fully saturated rings. The van der Waals surface area contributed by atoms with Gasteiger partial charge in [0.2, 0.25) is 0 Å². The molecule has 0 aliphatic carbocycles. The maximum absolute atomic E-state index is 12.7. The summed E-state index contributed by atoms with van der Waals surface area (Å²) in [6, 6.07) is 17.1. The van der Waals surface area contributed by atoms with Gasteiger partial charge in [0.1, 0.15) is 23.7 Å². The predicted molar refractivity (Wildman–Crippen MR) is 307 cm³/mol. The molecule has 9 unspecified atom stereocenters. The van der Waals surface area contributed by atoms with Crippen LogP contribution >= 0.6 is 0 Å². The normalized spacial score (nSPS) is 30.9. The molecule has 3 saturated heterocycles. The number of carbonyl (C=O) groups is 2. The van der Waals surface area contributed by atoms with Crippen molar-refractivity contribution in [3.05, 3.63) is 65.9 Å². The molecule has 4 heterocycles. The molecule has 0 bridgehead atoms. The third-order valence-electron chi connectivity index (χ3n) is 15.2. The Morgan fingerprint density at radius 1 is 0.885 bits per heavy atom. The van der Waals surface area contributed by atoms with Crippen molar-refractivity contribution in [1.82, 2.24) is 9.91 Å². The van der Waals surface area contributed by atoms with E-state index in [0.717, 1.165) is 76.6 Å². The molecule has 19 heteroatoms. The molecular weight excluding hydrogens is 1000 g/mol. The van der Waals surface area contributed by atoms with Gasteiger partial charge < -0.3 is 80.0 Å². The fourth-order valence-corrected chi connectivity index (χ4v) is 10.3. The first kappa shape index (κ1) is 72.1. The van der Waals surface area contributed by atoms with Crippen molar-refractivity contribution in [2.75, 3.05) is 72.7 Å². The number of para-hydroxylation sites is 1. The molecule has 6 rings (SSSR count). The van der Waals surface area contributed by atoms with Gasteiger partial charge in [0.05, 0.1) is 61.4 Å². The standard InChI is InChI=1S/C29H43N5O3.C19H34O7.C7H14O2.C2H6.2CH4O/c1-21(33-15-13-23-7-4-5-8-27(23)33)20-34(31)28(19-30)24-9-11-26(12-10-24)36-16-6-14-32(3)25-17-22(2)37-29(35)18-25;1-10-7-14(25-6)8-11(2)16(21)13(4)18(23)26-9-19(5,24)17(22)12(3)15(10)20;1-5-3-4-9-6(2)7(5)8;3*1-2/h4-5,7-12,19,21-22,25,29,35H,6,13-18,20,30-31H2,1-3H3;10-14,16-17,21-22,24H,7-9H2,1-6H3;5-8H,3-4H2,1-2H3;1-2H3;2*2H,1H3/b28-19-;;;;;/t21-,22?,25?,29?;10-,11-,12?,13?,14?,16+,17?,19-;5?,6?,7-;;;/m011.../s1. The molecule has 19 nitrogen and oxygen atoms in total. The maximum Gasteiger partial charge on any atom is 0.311 e. The van der Waals surface area contributed by atoms with Gasteiger partial charge in [-0.1, -0.05) is 59.7 Å². The van der Waals surface area contributed by atoms with Crippen LogP contribution in [0.3, 0.4) is 0 Å². The SMILES string of the molecule is CC.CC1CC(N(C)CCCOc2ccc(/C(=C/N)N(N)C[C@H](C)N3CCc4ccccc43)cc2)CC(O)O1.CC1CCOC(C)[C@@H]1O.CO.CO.COC1C[C@@H](C)C(=O)C(C)C(O)[C@](C)(O)COC(=O)C(C)[C@@H](O)[C@H](C)C1. The number of methoxy groups -OCH3 is 1. The first-order chi connectivity index (χ1) is 37.0. The van der Waals surface area contributed by atoms with Crippen LogP contribution in [0.5, 0.6) is 5.75 Å². The number of anilines is 1. The molecule has 2 aromatic rings. The predicted octanol–water partition coefficient (Wildman–Crippen LogP) is 5.12. The summed E-state index contributed by atoms with van der Waals surface area (Å²) in [6.45, 7) is 23.8. The number of ether oxygens (including phenoxy) is 5. The first-order valence-corrected chi connectivity index (χ1v) is 28.1. The molecule has 450 valence electrons. The Balaban J connectivity index is 0.000000642. The number of cyclic esters (lactones) is 1.